The van der Waals surface area contributed by atoms with Gasteiger partial charge >= 0.3 is 0 Å². The number of aryl methyl sites for hydroxylation is 1. The van der Waals surface area contributed by atoms with Gasteiger partial charge in [-0.2, -0.15) is 0 Å². The molecule has 0 aliphatic carbocycles. The Balaban J connectivity index is 1.80. The van der Waals surface area contributed by atoms with Gasteiger partial charge in [-0.15, -0.1) is 0 Å². The lowest BCUT2D eigenvalue weighted by molar-refractivity contribution is -0.130. The summed E-state index contributed by atoms with van der Waals surface area (Å²) >= 11 is 0. The molecule has 1 aromatic carbocycles. The molecule has 0 spiro atoms. The number of amides is 1. The second-order valence-electron chi connectivity index (χ2n) is 6.92. The molecule has 0 fully saturated rings. The molecular weight excluding hydrogens is 386 g/mol. The van der Waals surface area contributed by atoms with E-state index in [0.29, 0.717) is 29.4 Å². The molecule has 1 aliphatic rings. The van der Waals surface area contributed by atoms with Gasteiger partial charge in [0.15, 0.2) is 11.5 Å². The van der Waals surface area contributed by atoms with Crippen molar-refractivity contribution in [3.8, 4) is 5.75 Å². The van der Waals surface area contributed by atoms with E-state index in [9.17, 15) is 14.7 Å². The number of hydrogen-bond donors (Lipinski definition) is 1. The minimum Gasteiger partial charge on any atom is -0.503 e. The summed E-state index contributed by atoms with van der Waals surface area (Å²) in [4.78, 5) is 27.6. The highest BCUT2D eigenvalue weighted by Gasteiger charge is 2.44. The molecule has 154 valence electrons. The highest BCUT2D eigenvalue weighted by molar-refractivity contribution is 6.15. The summed E-state index contributed by atoms with van der Waals surface area (Å²) < 4.78 is 16.4. The van der Waals surface area contributed by atoms with Crippen molar-refractivity contribution in [2.45, 2.75) is 26.4 Å². The van der Waals surface area contributed by atoms with Crippen LogP contribution in [0.1, 0.15) is 40.6 Å². The summed E-state index contributed by atoms with van der Waals surface area (Å²) in [6.07, 6.45) is 1.51. The van der Waals surface area contributed by atoms with E-state index < -0.39 is 23.5 Å². The maximum atomic E-state index is 13.2. The van der Waals surface area contributed by atoms with Gasteiger partial charge < -0.3 is 23.6 Å². The SMILES string of the molecule is CCOc1cccc(C2C(C(=O)c3ccc(C)o3)=C(O)C(=O)N2Cc2ccco2)c1. The Kier molecular flexibility index (Phi) is 5.18. The highest BCUT2D eigenvalue weighted by atomic mass is 16.5. The van der Waals surface area contributed by atoms with Crippen LogP contribution in [0.25, 0.3) is 0 Å². The molecule has 1 amide bonds. The van der Waals surface area contributed by atoms with Gasteiger partial charge in [0.05, 0.1) is 31.0 Å². The van der Waals surface area contributed by atoms with E-state index in [0.717, 1.165) is 0 Å². The maximum Gasteiger partial charge on any atom is 0.290 e. The molecule has 3 aromatic rings. The normalized spacial score (nSPS) is 16.4. The molecule has 1 atom stereocenters. The zero-order valence-corrected chi connectivity index (χ0v) is 16.6. The summed E-state index contributed by atoms with van der Waals surface area (Å²) in [6.45, 7) is 4.15. The van der Waals surface area contributed by atoms with E-state index in [1.54, 1.807) is 49.4 Å². The van der Waals surface area contributed by atoms with E-state index in [1.807, 2.05) is 6.92 Å². The van der Waals surface area contributed by atoms with Crippen LogP contribution in [-0.2, 0) is 11.3 Å². The van der Waals surface area contributed by atoms with Crippen LogP contribution < -0.4 is 4.74 Å². The van der Waals surface area contributed by atoms with Crippen molar-refractivity contribution in [2.24, 2.45) is 0 Å². The number of ketones is 1. The number of nitrogens with zero attached hydrogens (tertiary/aromatic N) is 1. The number of aliphatic hydroxyl groups is 1. The Bertz CT molecular complexity index is 1110. The average Bonchev–Trinajstić information content (AvgIpc) is 3.45. The van der Waals surface area contributed by atoms with E-state index in [-0.39, 0.29) is 17.9 Å². The molecule has 0 bridgehead atoms. The maximum absolute atomic E-state index is 13.2. The summed E-state index contributed by atoms with van der Waals surface area (Å²) in [5, 5.41) is 10.7. The number of carbonyl (C=O) groups is 2. The molecule has 7 nitrogen and oxygen atoms in total. The topological polar surface area (TPSA) is 93.1 Å². The van der Waals surface area contributed by atoms with Crippen molar-refractivity contribution >= 4 is 11.7 Å². The molecule has 7 heteroatoms. The van der Waals surface area contributed by atoms with Gasteiger partial charge in [-0.1, -0.05) is 12.1 Å². The number of rotatable bonds is 7. The van der Waals surface area contributed by atoms with E-state index in [2.05, 4.69) is 0 Å². The number of Topliss-reactive ketones (excluding diaryl/α,β-unsaturated/α-hetero) is 1. The van der Waals surface area contributed by atoms with E-state index >= 15 is 0 Å². The fourth-order valence-corrected chi connectivity index (χ4v) is 3.60. The molecule has 4 rings (SSSR count). The first-order chi connectivity index (χ1) is 14.5. The molecule has 3 heterocycles. The minimum atomic E-state index is -0.819. The first-order valence-corrected chi connectivity index (χ1v) is 9.60. The molecule has 1 aliphatic heterocycles. The number of furan rings is 2. The highest BCUT2D eigenvalue weighted by Crippen LogP contribution is 2.41. The fraction of sp³-hybridized carbons (Fsp3) is 0.217. The quantitative estimate of drug-likeness (QED) is 0.585. The van der Waals surface area contributed by atoms with Gasteiger partial charge in [-0.25, -0.2) is 0 Å². The molecule has 0 saturated heterocycles. The largest absolute Gasteiger partial charge is 0.503 e. The van der Waals surface area contributed by atoms with E-state index in [1.165, 1.54) is 17.2 Å². The molecule has 0 saturated carbocycles. The lowest BCUT2D eigenvalue weighted by Gasteiger charge is -2.26. The van der Waals surface area contributed by atoms with Crippen molar-refractivity contribution in [1.29, 1.82) is 0 Å². The Morgan fingerprint density at radius 1 is 1.20 bits per heavy atom. The standard InChI is InChI=1S/C23H21NO6/c1-3-28-16-7-4-6-15(12-16)20-19(21(25)18-10-9-14(2)30-18)22(26)23(27)24(20)13-17-8-5-11-29-17/h4-12,20,26H,3,13H2,1-2H3. The molecule has 30 heavy (non-hydrogen) atoms. The number of aliphatic hydroxyl groups excluding tert-OH is 1. The fourth-order valence-electron chi connectivity index (χ4n) is 3.60. The number of ether oxygens (including phenoxy) is 1. The first kappa shape index (κ1) is 19.6. The summed E-state index contributed by atoms with van der Waals surface area (Å²) in [6, 6.07) is 12.9. The smallest absolute Gasteiger partial charge is 0.290 e. The van der Waals surface area contributed by atoms with Crippen molar-refractivity contribution in [3.63, 3.8) is 0 Å². The lowest BCUT2D eigenvalue weighted by Crippen LogP contribution is -2.30. The van der Waals surface area contributed by atoms with Gasteiger partial charge in [0.25, 0.3) is 5.91 Å². The van der Waals surface area contributed by atoms with Crippen LogP contribution in [0.3, 0.4) is 0 Å². The van der Waals surface area contributed by atoms with Gasteiger partial charge in [-0.05, 0) is 55.8 Å². The number of carbonyl (C=O) groups excluding carboxylic acids is 2. The number of benzene rings is 1. The van der Waals surface area contributed by atoms with Gasteiger partial charge in [0.1, 0.15) is 17.3 Å². The lowest BCUT2D eigenvalue weighted by atomic mass is 9.95. The third kappa shape index (κ3) is 3.50. The minimum absolute atomic E-state index is 0.0328. The van der Waals surface area contributed by atoms with Crippen LogP contribution in [0.5, 0.6) is 5.75 Å². The molecule has 1 unspecified atom stereocenters. The summed E-state index contributed by atoms with van der Waals surface area (Å²) in [7, 11) is 0. The molecule has 1 N–H and O–H groups in total. The average molecular weight is 407 g/mol. The summed E-state index contributed by atoms with van der Waals surface area (Å²) in [5.41, 5.74) is 0.603. The van der Waals surface area contributed by atoms with Crippen molar-refractivity contribution in [3.05, 3.63) is 89.0 Å². The number of hydrogen-bond acceptors (Lipinski definition) is 6. The van der Waals surface area contributed by atoms with Gasteiger partial charge in [-0.3, -0.25) is 9.59 Å². The zero-order chi connectivity index (χ0) is 21.3. The van der Waals surface area contributed by atoms with Crippen LogP contribution in [0.15, 0.2) is 75.0 Å². The third-order valence-electron chi connectivity index (χ3n) is 4.90. The third-order valence-corrected chi connectivity index (χ3v) is 4.90. The zero-order valence-electron chi connectivity index (χ0n) is 16.6. The van der Waals surface area contributed by atoms with Crippen LogP contribution >= 0.6 is 0 Å². The first-order valence-electron chi connectivity index (χ1n) is 9.60. The van der Waals surface area contributed by atoms with Crippen molar-refractivity contribution < 1.29 is 28.3 Å². The van der Waals surface area contributed by atoms with Crippen molar-refractivity contribution in [2.75, 3.05) is 6.61 Å². The van der Waals surface area contributed by atoms with Gasteiger partial charge in [0.2, 0.25) is 5.78 Å². The Labute approximate surface area is 173 Å². The second-order valence-corrected chi connectivity index (χ2v) is 6.92. The molecule has 0 radical (unpaired) electrons. The molecular formula is C23H21NO6. The second kappa shape index (κ2) is 7.94. The van der Waals surface area contributed by atoms with Crippen LogP contribution in [0.4, 0.5) is 0 Å². The predicted molar refractivity (Wildman–Crippen MR) is 107 cm³/mol. The van der Waals surface area contributed by atoms with Crippen LogP contribution in [-0.4, -0.2) is 28.3 Å². The van der Waals surface area contributed by atoms with Gasteiger partial charge in [0, 0.05) is 0 Å². The molecule has 2 aromatic heterocycles. The van der Waals surface area contributed by atoms with Crippen LogP contribution in [0.2, 0.25) is 0 Å². The predicted octanol–water partition coefficient (Wildman–Crippen LogP) is 4.36. The van der Waals surface area contributed by atoms with Crippen molar-refractivity contribution in [1.82, 2.24) is 4.90 Å². The summed E-state index contributed by atoms with van der Waals surface area (Å²) in [5.74, 6) is -0.0187. The Hall–Kier alpha value is -3.74. The Morgan fingerprint density at radius 2 is 2.03 bits per heavy atom. The monoisotopic (exact) mass is 407 g/mol. The Morgan fingerprint density at radius 3 is 2.70 bits per heavy atom. The van der Waals surface area contributed by atoms with E-state index in [4.69, 9.17) is 13.6 Å². The van der Waals surface area contributed by atoms with Crippen LogP contribution in [0, 0.1) is 6.92 Å².